The minimum Gasteiger partial charge on any atom is -0.481 e. The van der Waals surface area contributed by atoms with Crippen LogP contribution in [-0.4, -0.2) is 40.8 Å². The zero-order valence-electron chi connectivity index (χ0n) is 25.4. The van der Waals surface area contributed by atoms with E-state index >= 15 is 0 Å². The van der Waals surface area contributed by atoms with E-state index in [1.807, 2.05) is 24.3 Å². The fourth-order valence-electron chi connectivity index (χ4n) is 4.81. The standard InChI is InChI=1S/C34H41N3O5/c1-33(2,3)41-31(38)36-30(35)37(32(39)42-34(4,5)6)22-21-23-15-19-26(20-16-23)40-29-27-13-9-7-11-24(27)17-18-25-12-8-10-14-28(25)29/h7-16,19-20,29H,17-18,21-22H2,1-6H3,(H2,35,36,38)/p+1. The maximum atomic E-state index is 13.0. The predicted octanol–water partition coefficient (Wildman–Crippen LogP) is 5.37. The summed E-state index contributed by atoms with van der Waals surface area (Å²) in [5.41, 5.74) is 4.47. The third-order valence-corrected chi connectivity index (χ3v) is 6.67. The third kappa shape index (κ3) is 8.35. The molecular formula is C34H42N3O5+. The molecule has 1 aliphatic rings. The summed E-state index contributed by atoms with van der Waals surface area (Å²) >= 11 is 0. The topological polar surface area (TPSA) is 103 Å². The number of carbonyl (C=O) groups excluding carboxylic acids is 2. The molecule has 0 saturated heterocycles. The second-order valence-corrected chi connectivity index (χ2v) is 12.4. The van der Waals surface area contributed by atoms with Crippen LogP contribution in [-0.2, 0) is 28.7 Å². The fourth-order valence-corrected chi connectivity index (χ4v) is 4.81. The van der Waals surface area contributed by atoms with Gasteiger partial charge in [-0.15, -0.1) is 0 Å². The minimum atomic E-state index is -0.753. The second kappa shape index (κ2) is 12.7. The van der Waals surface area contributed by atoms with Crippen LogP contribution in [0.4, 0.5) is 9.59 Å². The predicted molar refractivity (Wildman–Crippen MR) is 162 cm³/mol. The van der Waals surface area contributed by atoms with Gasteiger partial charge in [0.05, 0.1) is 6.54 Å². The molecule has 0 heterocycles. The first-order chi connectivity index (χ1) is 19.8. The number of ether oxygens (including phenoxy) is 3. The van der Waals surface area contributed by atoms with Crippen molar-refractivity contribution in [2.24, 2.45) is 0 Å². The first-order valence-corrected chi connectivity index (χ1v) is 14.3. The van der Waals surface area contributed by atoms with Crippen molar-refractivity contribution in [2.75, 3.05) is 6.54 Å². The van der Waals surface area contributed by atoms with Gasteiger partial charge in [0.1, 0.15) is 23.1 Å². The monoisotopic (exact) mass is 572 g/mol. The maximum absolute atomic E-state index is 13.0. The van der Waals surface area contributed by atoms with E-state index < -0.39 is 23.4 Å². The number of alkyl carbamates (subject to hydrolysis) is 1. The van der Waals surface area contributed by atoms with Gasteiger partial charge < -0.3 is 14.2 Å². The summed E-state index contributed by atoms with van der Waals surface area (Å²) in [4.78, 5) is 26.5. The van der Waals surface area contributed by atoms with E-state index in [9.17, 15) is 9.59 Å². The molecule has 0 bridgehead atoms. The second-order valence-electron chi connectivity index (χ2n) is 12.4. The Balaban J connectivity index is 1.47. The van der Waals surface area contributed by atoms with Crippen LogP contribution in [0.25, 0.3) is 0 Å². The van der Waals surface area contributed by atoms with Crippen LogP contribution in [0.15, 0.2) is 72.8 Å². The van der Waals surface area contributed by atoms with Crippen molar-refractivity contribution in [1.29, 1.82) is 0 Å². The molecule has 0 atom stereocenters. The summed E-state index contributed by atoms with van der Waals surface area (Å²) in [6, 6.07) is 24.7. The van der Waals surface area contributed by atoms with Crippen LogP contribution in [0.1, 0.15) is 75.5 Å². The van der Waals surface area contributed by atoms with Gasteiger partial charge in [-0.2, -0.15) is 10.2 Å². The molecule has 3 N–H and O–H groups in total. The molecule has 0 spiro atoms. The van der Waals surface area contributed by atoms with Gasteiger partial charge in [0.15, 0.2) is 0 Å². The van der Waals surface area contributed by atoms with Crippen LogP contribution in [0.2, 0.25) is 0 Å². The van der Waals surface area contributed by atoms with Crippen molar-refractivity contribution < 1.29 is 29.2 Å². The smallest absolute Gasteiger partial charge is 0.479 e. The Bertz CT molecular complexity index is 1370. The highest BCUT2D eigenvalue weighted by atomic mass is 16.6. The summed E-state index contributed by atoms with van der Waals surface area (Å²) in [6.07, 6.45) is 0.789. The van der Waals surface area contributed by atoms with E-state index in [4.69, 9.17) is 19.6 Å². The number of carbonyl (C=O) groups is 2. The lowest BCUT2D eigenvalue weighted by atomic mass is 9.97. The largest absolute Gasteiger partial charge is 0.481 e. The number of amides is 2. The number of fused-ring (bicyclic) bond motifs is 2. The maximum Gasteiger partial charge on any atom is 0.479 e. The van der Waals surface area contributed by atoms with Gasteiger partial charge in [-0.25, -0.2) is 9.59 Å². The number of aryl methyl sites for hydroxylation is 2. The first kappa shape index (κ1) is 30.6. The molecule has 8 nitrogen and oxygen atoms in total. The lowest BCUT2D eigenvalue weighted by Gasteiger charge is -2.24. The van der Waals surface area contributed by atoms with E-state index in [0.717, 1.165) is 24.2 Å². The molecule has 222 valence electrons. The van der Waals surface area contributed by atoms with Crippen molar-refractivity contribution in [3.05, 3.63) is 101 Å². The number of benzene rings is 3. The van der Waals surface area contributed by atoms with Crippen LogP contribution < -0.4 is 15.5 Å². The molecule has 2 amide bonds. The molecule has 0 saturated carbocycles. The zero-order valence-corrected chi connectivity index (χ0v) is 25.4. The van der Waals surface area contributed by atoms with Crippen molar-refractivity contribution in [3.8, 4) is 5.75 Å². The molecule has 8 heteroatoms. The highest BCUT2D eigenvalue weighted by Crippen LogP contribution is 2.36. The number of guanidine groups is 1. The molecule has 0 aromatic heterocycles. The van der Waals surface area contributed by atoms with Gasteiger partial charge >= 0.3 is 18.1 Å². The van der Waals surface area contributed by atoms with E-state index in [2.05, 4.69) is 53.8 Å². The van der Waals surface area contributed by atoms with Gasteiger partial charge in [0.2, 0.25) is 0 Å². The highest BCUT2D eigenvalue weighted by molar-refractivity contribution is 5.98. The Kier molecular flexibility index (Phi) is 9.24. The van der Waals surface area contributed by atoms with Crippen molar-refractivity contribution >= 4 is 18.1 Å². The number of hydrogen-bond acceptors (Lipinski definition) is 5. The Labute approximate surface area is 248 Å². The van der Waals surface area contributed by atoms with E-state index in [-0.39, 0.29) is 18.6 Å². The van der Waals surface area contributed by atoms with Crippen LogP contribution in [0, 0.1) is 0 Å². The lowest BCUT2D eigenvalue weighted by Crippen LogP contribution is -2.63. The SMILES string of the molecule is CC(C)(C)OC(=O)NC(=[NH2+])N(CCc1ccc(OC2c3ccccc3CCc3ccccc32)cc1)C(=O)OC(C)(C)C. The molecule has 0 unspecified atom stereocenters. The van der Waals surface area contributed by atoms with Crippen molar-refractivity contribution in [3.63, 3.8) is 0 Å². The number of nitrogens with two attached hydrogens (primary N) is 1. The number of rotatable bonds is 5. The molecule has 42 heavy (non-hydrogen) atoms. The molecule has 0 fully saturated rings. The van der Waals surface area contributed by atoms with Gasteiger partial charge in [-0.05, 0) is 83.2 Å². The van der Waals surface area contributed by atoms with Crippen LogP contribution in [0.5, 0.6) is 5.75 Å². The lowest BCUT2D eigenvalue weighted by molar-refractivity contribution is -0.132. The Morgan fingerprint density at radius 1 is 0.810 bits per heavy atom. The van der Waals surface area contributed by atoms with Crippen molar-refractivity contribution in [2.45, 2.75) is 78.1 Å². The Morgan fingerprint density at radius 3 is 1.86 bits per heavy atom. The van der Waals surface area contributed by atoms with E-state index in [0.29, 0.717) is 6.42 Å². The highest BCUT2D eigenvalue weighted by Gasteiger charge is 2.33. The number of nitrogens with zero attached hydrogens (tertiary/aromatic N) is 1. The Morgan fingerprint density at radius 2 is 1.33 bits per heavy atom. The van der Waals surface area contributed by atoms with Crippen molar-refractivity contribution in [1.82, 2.24) is 10.2 Å². The quantitative estimate of drug-likeness (QED) is 0.316. The molecular weight excluding hydrogens is 530 g/mol. The summed E-state index contributed by atoms with van der Waals surface area (Å²) in [5.74, 6) is 0.584. The molecule has 0 radical (unpaired) electrons. The molecule has 0 aliphatic heterocycles. The normalized spacial score (nSPS) is 13.2. The Hall–Kier alpha value is -4.33. The summed E-state index contributed by atoms with van der Waals surface area (Å²) < 4.78 is 17.4. The van der Waals surface area contributed by atoms with Crippen LogP contribution >= 0.6 is 0 Å². The minimum absolute atomic E-state index is 0.163. The first-order valence-electron chi connectivity index (χ1n) is 14.3. The summed E-state index contributed by atoms with van der Waals surface area (Å²) in [6.45, 7) is 10.7. The summed E-state index contributed by atoms with van der Waals surface area (Å²) in [5, 5.41) is 8.60. The molecule has 4 rings (SSSR count). The number of nitrogens with one attached hydrogen (secondary N) is 1. The van der Waals surface area contributed by atoms with E-state index in [1.165, 1.54) is 27.2 Å². The number of hydrogen-bond donors (Lipinski definition) is 2. The van der Waals surface area contributed by atoms with Gasteiger partial charge in [0.25, 0.3) is 0 Å². The van der Waals surface area contributed by atoms with Crippen LogP contribution in [0.3, 0.4) is 0 Å². The van der Waals surface area contributed by atoms with E-state index in [1.54, 1.807) is 41.5 Å². The summed E-state index contributed by atoms with van der Waals surface area (Å²) in [7, 11) is 0. The van der Waals surface area contributed by atoms with Gasteiger partial charge in [-0.1, -0.05) is 60.7 Å². The molecule has 3 aromatic carbocycles. The zero-order chi connectivity index (χ0) is 30.5. The fraction of sp³-hybridized carbons (Fsp3) is 0.382. The average molecular weight is 573 g/mol. The van der Waals surface area contributed by atoms with Gasteiger partial charge in [0, 0.05) is 17.5 Å². The molecule has 3 aromatic rings. The van der Waals surface area contributed by atoms with Gasteiger partial charge in [-0.3, -0.25) is 5.41 Å². The molecule has 1 aliphatic carbocycles. The third-order valence-electron chi connectivity index (χ3n) is 6.67. The average Bonchev–Trinajstić information content (AvgIpc) is 3.05.